The second-order valence-electron chi connectivity index (χ2n) is 4.98. The van der Waals surface area contributed by atoms with Crippen LogP contribution in [0.15, 0.2) is 28.3 Å². The van der Waals surface area contributed by atoms with Crippen LogP contribution in [0.3, 0.4) is 0 Å². The minimum atomic E-state index is 0.168. The van der Waals surface area contributed by atoms with Crippen LogP contribution in [0.4, 0.5) is 5.69 Å². The number of nitrogens with two attached hydrogens (primary N) is 1. The minimum Gasteiger partial charge on any atom is -0.409 e. The lowest BCUT2D eigenvalue weighted by Gasteiger charge is -2.34. The number of hydrogen-bond donors (Lipinski definition) is 2. The van der Waals surface area contributed by atoms with E-state index in [-0.39, 0.29) is 5.84 Å². The van der Waals surface area contributed by atoms with Gasteiger partial charge in [-0.3, -0.25) is 0 Å². The monoisotopic (exact) mass is 309 g/mol. The standard InChI is InChI=1S/C15H23N3O2S/c1-3-20-11-7-9-18(10-8-11)12-5-4-6-13(21-2)14(12)15(16)17-19/h4-6,11,19H,3,7-10H2,1-2H3,(H2,16,17). The van der Waals surface area contributed by atoms with Crippen LogP contribution >= 0.6 is 11.8 Å². The Morgan fingerprint density at radius 1 is 1.48 bits per heavy atom. The summed E-state index contributed by atoms with van der Waals surface area (Å²) in [5.41, 5.74) is 7.74. The molecule has 0 saturated carbocycles. The topological polar surface area (TPSA) is 71.1 Å². The van der Waals surface area contributed by atoms with Crippen molar-refractivity contribution in [1.82, 2.24) is 0 Å². The van der Waals surface area contributed by atoms with Gasteiger partial charge in [-0.25, -0.2) is 0 Å². The van der Waals surface area contributed by atoms with Gasteiger partial charge in [-0.05, 0) is 38.2 Å². The van der Waals surface area contributed by atoms with Crippen molar-refractivity contribution in [2.24, 2.45) is 10.9 Å². The van der Waals surface area contributed by atoms with Crippen molar-refractivity contribution in [2.45, 2.75) is 30.8 Å². The van der Waals surface area contributed by atoms with E-state index in [0.29, 0.717) is 6.10 Å². The van der Waals surface area contributed by atoms with Gasteiger partial charge in [-0.1, -0.05) is 11.2 Å². The van der Waals surface area contributed by atoms with E-state index in [0.717, 1.165) is 48.7 Å². The molecule has 1 aromatic carbocycles. The van der Waals surface area contributed by atoms with Gasteiger partial charge in [0.25, 0.3) is 0 Å². The Morgan fingerprint density at radius 3 is 2.76 bits per heavy atom. The van der Waals surface area contributed by atoms with Crippen molar-refractivity contribution < 1.29 is 9.94 Å². The fourth-order valence-corrected chi connectivity index (χ4v) is 3.39. The van der Waals surface area contributed by atoms with E-state index >= 15 is 0 Å². The second kappa shape index (κ2) is 7.56. The molecule has 1 aromatic rings. The van der Waals surface area contributed by atoms with Crippen LogP contribution in [0.1, 0.15) is 25.3 Å². The largest absolute Gasteiger partial charge is 0.409 e. The van der Waals surface area contributed by atoms with Gasteiger partial charge in [0.1, 0.15) is 0 Å². The number of benzene rings is 1. The van der Waals surface area contributed by atoms with Crippen LogP contribution in [0.25, 0.3) is 0 Å². The Morgan fingerprint density at radius 2 is 2.19 bits per heavy atom. The third kappa shape index (κ3) is 3.63. The third-order valence-electron chi connectivity index (χ3n) is 3.77. The van der Waals surface area contributed by atoms with Crippen molar-refractivity contribution >= 4 is 23.3 Å². The molecular formula is C15H23N3O2S. The highest BCUT2D eigenvalue weighted by Gasteiger charge is 2.23. The highest BCUT2D eigenvalue weighted by atomic mass is 32.2. The van der Waals surface area contributed by atoms with Gasteiger partial charge >= 0.3 is 0 Å². The molecule has 0 spiro atoms. The van der Waals surface area contributed by atoms with Crippen molar-refractivity contribution in [2.75, 3.05) is 30.9 Å². The zero-order valence-electron chi connectivity index (χ0n) is 12.6. The molecule has 2 rings (SSSR count). The van der Waals surface area contributed by atoms with Crippen LogP contribution in [0.5, 0.6) is 0 Å². The van der Waals surface area contributed by atoms with Gasteiger partial charge in [-0.2, -0.15) is 0 Å². The second-order valence-corrected chi connectivity index (χ2v) is 5.83. The summed E-state index contributed by atoms with van der Waals surface area (Å²) in [5, 5.41) is 12.3. The minimum absolute atomic E-state index is 0.168. The van der Waals surface area contributed by atoms with E-state index < -0.39 is 0 Å². The summed E-state index contributed by atoms with van der Waals surface area (Å²) >= 11 is 1.60. The van der Waals surface area contributed by atoms with E-state index in [1.165, 1.54) is 0 Å². The van der Waals surface area contributed by atoms with Crippen molar-refractivity contribution in [3.63, 3.8) is 0 Å². The fraction of sp³-hybridized carbons (Fsp3) is 0.533. The predicted octanol–water partition coefficient (Wildman–Crippen LogP) is 2.51. The molecule has 6 heteroatoms. The van der Waals surface area contributed by atoms with Gasteiger partial charge in [0, 0.05) is 30.3 Å². The average Bonchev–Trinajstić information content (AvgIpc) is 2.54. The number of rotatable bonds is 5. The van der Waals surface area contributed by atoms with E-state index in [1.807, 2.05) is 31.4 Å². The lowest BCUT2D eigenvalue weighted by molar-refractivity contribution is 0.0459. The SMILES string of the molecule is CCOC1CCN(c2cccc(SC)c2/C(N)=N/O)CC1. The molecule has 1 heterocycles. The number of hydrogen-bond acceptors (Lipinski definition) is 5. The van der Waals surface area contributed by atoms with E-state index in [9.17, 15) is 0 Å². The van der Waals surface area contributed by atoms with E-state index in [1.54, 1.807) is 11.8 Å². The maximum absolute atomic E-state index is 9.06. The molecule has 0 radical (unpaired) electrons. The Hall–Kier alpha value is -1.40. The number of ether oxygens (including phenoxy) is 1. The predicted molar refractivity (Wildman–Crippen MR) is 87.6 cm³/mol. The molecule has 1 aliphatic rings. The highest BCUT2D eigenvalue weighted by molar-refractivity contribution is 7.98. The molecular weight excluding hydrogens is 286 g/mol. The number of anilines is 1. The molecule has 5 nitrogen and oxygen atoms in total. The molecule has 1 saturated heterocycles. The summed E-state index contributed by atoms with van der Waals surface area (Å²) in [6.45, 7) is 4.65. The molecule has 1 aliphatic heterocycles. The summed E-state index contributed by atoms with van der Waals surface area (Å²) < 4.78 is 5.69. The number of oxime groups is 1. The molecule has 0 amide bonds. The zero-order chi connectivity index (χ0) is 15.2. The Balaban J connectivity index is 2.24. The normalized spacial score (nSPS) is 17.2. The average molecular weight is 309 g/mol. The van der Waals surface area contributed by atoms with Crippen LogP contribution in [-0.2, 0) is 4.74 Å². The van der Waals surface area contributed by atoms with Crippen molar-refractivity contribution in [1.29, 1.82) is 0 Å². The van der Waals surface area contributed by atoms with Crippen LogP contribution in [0, 0.1) is 0 Å². The molecule has 0 aromatic heterocycles. The van der Waals surface area contributed by atoms with Crippen LogP contribution < -0.4 is 10.6 Å². The molecule has 116 valence electrons. The Bertz CT molecular complexity index is 500. The summed E-state index contributed by atoms with van der Waals surface area (Å²) in [6, 6.07) is 6.05. The Labute approximate surface area is 130 Å². The Kier molecular flexibility index (Phi) is 5.76. The fourth-order valence-electron chi connectivity index (χ4n) is 2.76. The van der Waals surface area contributed by atoms with Crippen molar-refractivity contribution in [3.8, 4) is 0 Å². The highest BCUT2D eigenvalue weighted by Crippen LogP contribution is 2.31. The maximum Gasteiger partial charge on any atom is 0.173 e. The third-order valence-corrected chi connectivity index (χ3v) is 4.55. The maximum atomic E-state index is 9.06. The molecule has 0 unspecified atom stereocenters. The van der Waals surface area contributed by atoms with E-state index in [4.69, 9.17) is 15.7 Å². The zero-order valence-corrected chi connectivity index (χ0v) is 13.4. The molecule has 1 fully saturated rings. The van der Waals surface area contributed by atoms with Crippen LogP contribution in [-0.4, -0.2) is 43.1 Å². The lowest BCUT2D eigenvalue weighted by atomic mass is 10.0. The summed E-state index contributed by atoms with van der Waals surface area (Å²) in [6.07, 6.45) is 4.36. The van der Waals surface area contributed by atoms with Gasteiger partial charge < -0.3 is 20.6 Å². The molecule has 21 heavy (non-hydrogen) atoms. The molecule has 3 N–H and O–H groups in total. The van der Waals surface area contributed by atoms with Gasteiger partial charge in [0.05, 0.1) is 11.7 Å². The molecule has 0 aliphatic carbocycles. The summed E-state index contributed by atoms with van der Waals surface area (Å²) in [4.78, 5) is 3.32. The van der Waals surface area contributed by atoms with E-state index in [2.05, 4.69) is 10.1 Å². The van der Waals surface area contributed by atoms with Gasteiger partial charge in [0.2, 0.25) is 0 Å². The lowest BCUT2D eigenvalue weighted by Crippen LogP contribution is -2.38. The van der Waals surface area contributed by atoms with Crippen LogP contribution in [0.2, 0.25) is 0 Å². The number of piperidine rings is 1. The first kappa shape index (κ1) is 16.0. The summed E-state index contributed by atoms with van der Waals surface area (Å²) in [7, 11) is 0. The number of thioether (sulfide) groups is 1. The first-order valence-electron chi connectivity index (χ1n) is 7.22. The molecule has 0 bridgehead atoms. The smallest absolute Gasteiger partial charge is 0.173 e. The van der Waals surface area contributed by atoms with Gasteiger partial charge in [0.15, 0.2) is 5.84 Å². The van der Waals surface area contributed by atoms with Crippen molar-refractivity contribution in [3.05, 3.63) is 23.8 Å². The quantitative estimate of drug-likeness (QED) is 0.287. The number of nitrogens with zero attached hydrogens (tertiary/aromatic N) is 2. The summed E-state index contributed by atoms with van der Waals surface area (Å²) in [5.74, 6) is 0.168. The number of amidine groups is 1. The molecule has 0 atom stereocenters. The van der Waals surface area contributed by atoms with Gasteiger partial charge in [-0.15, -0.1) is 11.8 Å². The first-order valence-corrected chi connectivity index (χ1v) is 8.45. The first-order chi connectivity index (χ1) is 10.2.